The molecule has 0 aliphatic carbocycles. The van der Waals surface area contributed by atoms with Gasteiger partial charge < -0.3 is 14.7 Å². The van der Waals surface area contributed by atoms with E-state index >= 15 is 0 Å². The molecule has 3 atom stereocenters. The second kappa shape index (κ2) is 13.0. The number of pyridine rings is 1. The number of rotatable bonds is 7. The first kappa shape index (κ1) is 32.1. The Hall–Kier alpha value is -4.28. The van der Waals surface area contributed by atoms with Crippen molar-refractivity contribution in [3.05, 3.63) is 105 Å². The molecule has 2 aromatic carbocycles. The highest BCUT2D eigenvalue weighted by atomic mass is 35.5. The zero-order chi connectivity index (χ0) is 32.5. The van der Waals surface area contributed by atoms with Crippen LogP contribution in [-0.2, 0) is 24.8 Å². The van der Waals surface area contributed by atoms with Crippen LogP contribution in [0.1, 0.15) is 67.0 Å². The van der Waals surface area contributed by atoms with Gasteiger partial charge in [0, 0.05) is 37.5 Å². The minimum absolute atomic E-state index is 0.160. The monoisotopic (exact) mass is 631 g/mol. The van der Waals surface area contributed by atoms with Crippen LogP contribution in [-0.4, -0.2) is 66.2 Å². The smallest absolute Gasteiger partial charge is 0.410 e. The summed E-state index contributed by atoms with van der Waals surface area (Å²) < 4.78 is 7.23. The van der Waals surface area contributed by atoms with Crippen LogP contribution in [0.2, 0.25) is 5.15 Å². The maximum Gasteiger partial charge on any atom is 0.410 e. The molecule has 1 aliphatic heterocycles. The van der Waals surface area contributed by atoms with Gasteiger partial charge in [-0.2, -0.15) is 0 Å². The van der Waals surface area contributed by atoms with Crippen molar-refractivity contribution in [3.63, 3.8) is 0 Å². The summed E-state index contributed by atoms with van der Waals surface area (Å²) in [6, 6.07) is 17.0. The normalized spacial score (nSPS) is 17.4. The summed E-state index contributed by atoms with van der Waals surface area (Å²) >= 11 is 5.94. The number of likely N-dealkylation sites (tertiary alicyclic amines) is 1. The van der Waals surface area contributed by atoms with Gasteiger partial charge in [0.1, 0.15) is 22.7 Å². The molecule has 2 amide bonds. The van der Waals surface area contributed by atoms with Crippen molar-refractivity contribution in [2.45, 2.75) is 70.4 Å². The molecule has 1 saturated heterocycles. The summed E-state index contributed by atoms with van der Waals surface area (Å²) in [6.45, 7) is 5.60. The fourth-order valence-electron chi connectivity index (χ4n) is 5.77. The number of amides is 2. The lowest BCUT2D eigenvalue weighted by Gasteiger charge is -2.34. The summed E-state index contributed by atoms with van der Waals surface area (Å²) in [5.41, 5.74) is 1.73. The molecule has 1 aliphatic rings. The largest absolute Gasteiger partial charge is 0.444 e. The van der Waals surface area contributed by atoms with Gasteiger partial charge in [0.05, 0.1) is 23.5 Å². The van der Waals surface area contributed by atoms with E-state index in [1.807, 2.05) is 39.0 Å². The number of carbonyl (C=O) groups excluding carboxylic acids is 2. The van der Waals surface area contributed by atoms with Crippen molar-refractivity contribution in [1.29, 1.82) is 0 Å². The minimum atomic E-state index is -0.959. The average molecular weight is 632 g/mol. The lowest BCUT2D eigenvalue weighted by Crippen LogP contribution is -2.47. The number of aliphatic hydroxyl groups excluding tert-OH is 1. The van der Waals surface area contributed by atoms with Crippen LogP contribution in [0.4, 0.5) is 4.79 Å². The maximum absolute atomic E-state index is 13.4. The van der Waals surface area contributed by atoms with Gasteiger partial charge in [-0.25, -0.2) is 14.8 Å². The minimum Gasteiger partial charge on any atom is -0.444 e. The first-order valence-corrected chi connectivity index (χ1v) is 15.3. The third-order valence-electron chi connectivity index (χ3n) is 8.08. The van der Waals surface area contributed by atoms with Crippen molar-refractivity contribution in [2.75, 3.05) is 7.05 Å². The predicted molar refractivity (Wildman–Crippen MR) is 172 cm³/mol. The van der Waals surface area contributed by atoms with E-state index in [9.17, 15) is 19.5 Å². The molecular formula is C34H38ClN5O5. The molecule has 1 fully saturated rings. The molecular weight excluding hydrogens is 594 g/mol. The van der Waals surface area contributed by atoms with E-state index in [0.29, 0.717) is 52.3 Å². The molecule has 11 heteroatoms. The van der Waals surface area contributed by atoms with Crippen LogP contribution >= 0.6 is 11.6 Å². The van der Waals surface area contributed by atoms with E-state index in [2.05, 4.69) is 9.97 Å². The van der Waals surface area contributed by atoms with E-state index in [1.165, 1.54) is 15.7 Å². The molecule has 0 radical (unpaired) electrons. The lowest BCUT2D eigenvalue weighted by molar-refractivity contribution is -0.00459. The SMILES string of the molecule is CN(Cc1nc2ccccc2c(=O)n1C)C(=O)c1ccc(C[C@@H]2CC[C@H]([C@H](O)c3ccc(Cl)nc3)N2C(=O)OC(C)(C)C)cc1. The molecule has 0 unspecified atom stereocenters. The molecule has 2 aromatic heterocycles. The molecule has 0 spiro atoms. The number of para-hydroxylation sites is 1. The van der Waals surface area contributed by atoms with Crippen molar-refractivity contribution < 1.29 is 19.4 Å². The second-order valence-electron chi connectivity index (χ2n) is 12.5. The van der Waals surface area contributed by atoms with Crippen LogP contribution in [0.25, 0.3) is 10.9 Å². The Morgan fingerprint density at radius 1 is 1.09 bits per heavy atom. The Morgan fingerprint density at radius 2 is 1.80 bits per heavy atom. The van der Waals surface area contributed by atoms with E-state index < -0.39 is 23.8 Å². The van der Waals surface area contributed by atoms with Crippen molar-refractivity contribution in [1.82, 2.24) is 24.3 Å². The number of hydrogen-bond donors (Lipinski definition) is 1. The van der Waals surface area contributed by atoms with E-state index in [0.717, 1.165) is 5.56 Å². The van der Waals surface area contributed by atoms with Crippen molar-refractivity contribution >= 4 is 34.5 Å². The molecule has 1 N–H and O–H groups in total. The molecule has 10 nitrogen and oxygen atoms in total. The molecule has 236 valence electrons. The first-order chi connectivity index (χ1) is 21.3. The number of hydrogen-bond acceptors (Lipinski definition) is 7. The third-order valence-corrected chi connectivity index (χ3v) is 8.30. The van der Waals surface area contributed by atoms with Crippen LogP contribution in [0.5, 0.6) is 0 Å². The van der Waals surface area contributed by atoms with Gasteiger partial charge in [-0.1, -0.05) is 41.9 Å². The Balaban J connectivity index is 1.30. The van der Waals surface area contributed by atoms with Crippen LogP contribution < -0.4 is 5.56 Å². The summed E-state index contributed by atoms with van der Waals surface area (Å²) in [7, 11) is 3.33. The highest BCUT2D eigenvalue weighted by molar-refractivity contribution is 6.29. The number of halogens is 1. The van der Waals surface area contributed by atoms with E-state index in [-0.39, 0.29) is 24.1 Å². The predicted octanol–water partition coefficient (Wildman–Crippen LogP) is 5.30. The Labute approximate surface area is 267 Å². The van der Waals surface area contributed by atoms with Gasteiger partial charge in [0.2, 0.25) is 0 Å². The van der Waals surface area contributed by atoms with E-state index in [4.69, 9.17) is 16.3 Å². The lowest BCUT2D eigenvalue weighted by atomic mass is 10.0. The molecule has 0 bridgehead atoms. The second-order valence-corrected chi connectivity index (χ2v) is 12.9. The fourth-order valence-corrected chi connectivity index (χ4v) is 5.88. The van der Waals surface area contributed by atoms with Crippen LogP contribution in [0.15, 0.2) is 71.7 Å². The number of fused-ring (bicyclic) bond motifs is 1. The molecule has 4 aromatic rings. The molecule has 45 heavy (non-hydrogen) atoms. The topological polar surface area (TPSA) is 118 Å². The summed E-state index contributed by atoms with van der Waals surface area (Å²) in [6.07, 6.45) is 1.86. The molecule has 0 saturated carbocycles. The number of aromatic nitrogens is 3. The summed E-state index contributed by atoms with van der Waals surface area (Å²) in [5.74, 6) is 0.278. The Kier molecular flexibility index (Phi) is 9.27. The summed E-state index contributed by atoms with van der Waals surface area (Å²) in [5, 5.41) is 12.1. The summed E-state index contributed by atoms with van der Waals surface area (Å²) in [4.78, 5) is 51.4. The van der Waals surface area contributed by atoms with Gasteiger partial charge in [0.15, 0.2) is 0 Å². The highest BCUT2D eigenvalue weighted by Gasteiger charge is 2.43. The Bertz CT molecular complexity index is 1750. The first-order valence-electron chi connectivity index (χ1n) is 14.9. The molecule has 3 heterocycles. The van der Waals surface area contributed by atoms with Crippen molar-refractivity contribution in [2.24, 2.45) is 7.05 Å². The van der Waals surface area contributed by atoms with Gasteiger partial charge in [-0.05, 0) is 75.9 Å². The number of ether oxygens (including phenoxy) is 1. The zero-order valence-electron chi connectivity index (χ0n) is 26.1. The van der Waals surface area contributed by atoms with Gasteiger partial charge >= 0.3 is 6.09 Å². The van der Waals surface area contributed by atoms with E-state index in [1.54, 1.807) is 61.5 Å². The van der Waals surface area contributed by atoms with Gasteiger partial charge in [-0.3, -0.25) is 19.1 Å². The average Bonchev–Trinajstić information content (AvgIpc) is 3.42. The number of benzene rings is 2. The number of carbonyl (C=O) groups is 2. The molecule has 5 rings (SSSR count). The standard InChI is InChI=1S/C34H38ClN5O5/c1-34(2,3)45-33(44)40-24(15-16-27(40)30(41)23-14-17-28(35)36-19-23)18-21-10-12-22(13-11-21)31(42)38(4)20-29-37-26-9-7-6-8-25(26)32(43)39(29)5/h6-14,17,19,24,27,30,41H,15-16,18,20H2,1-5H3/t24-,27+,30+/m0/s1. The van der Waals surface area contributed by atoms with Crippen molar-refractivity contribution in [3.8, 4) is 0 Å². The Morgan fingerprint density at radius 3 is 2.47 bits per heavy atom. The van der Waals surface area contributed by atoms with Gasteiger partial charge in [-0.15, -0.1) is 0 Å². The number of nitrogens with zero attached hydrogens (tertiary/aromatic N) is 5. The maximum atomic E-state index is 13.4. The quantitative estimate of drug-likeness (QED) is 0.275. The zero-order valence-corrected chi connectivity index (χ0v) is 26.9. The highest BCUT2D eigenvalue weighted by Crippen LogP contribution is 2.36. The fraction of sp³-hybridized carbons (Fsp3) is 0.382. The van der Waals surface area contributed by atoms with Crippen LogP contribution in [0, 0.1) is 0 Å². The number of aliphatic hydroxyl groups is 1. The third kappa shape index (κ3) is 7.18. The van der Waals surface area contributed by atoms with Gasteiger partial charge in [0.25, 0.3) is 11.5 Å². The van der Waals surface area contributed by atoms with Crippen LogP contribution in [0.3, 0.4) is 0 Å².